The van der Waals surface area contributed by atoms with Crippen molar-refractivity contribution in [2.24, 2.45) is 0 Å². The minimum Gasteiger partial charge on any atom is -0.464 e. The molecule has 0 aliphatic heterocycles. The van der Waals surface area contributed by atoms with Crippen molar-refractivity contribution >= 4 is 27.5 Å². The number of carboxylic acid groups (broad SMARTS) is 1. The van der Waals surface area contributed by atoms with Gasteiger partial charge in [0.2, 0.25) is 15.7 Å². The number of aromatic nitrogens is 2. The lowest BCUT2D eigenvalue weighted by atomic mass is 10.2. The maximum Gasteiger partial charge on any atom is 0.428 e. The van der Waals surface area contributed by atoms with Gasteiger partial charge in [0, 0.05) is 12.6 Å². The summed E-state index contributed by atoms with van der Waals surface area (Å²) in [6.07, 6.45) is -0.647. The number of rotatable bonds is 7. The van der Waals surface area contributed by atoms with Crippen molar-refractivity contribution in [1.29, 1.82) is 0 Å². The van der Waals surface area contributed by atoms with Crippen molar-refractivity contribution in [2.45, 2.75) is 63.3 Å². The molecule has 29 heavy (non-hydrogen) atoms. The van der Waals surface area contributed by atoms with E-state index in [9.17, 15) is 23.1 Å². The molecule has 0 aliphatic carbocycles. The lowest BCUT2D eigenvalue weighted by molar-refractivity contribution is -0.114. The van der Waals surface area contributed by atoms with E-state index >= 15 is 0 Å². The van der Waals surface area contributed by atoms with Crippen LogP contribution in [0.25, 0.3) is 0 Å². The van der Waals surface area contributed by atoms with E-state index in [1.165, 1.54) is 29.9 Å². The van der Waals surface area contributed by atoms with Gasteiger partial charge in [0.25, 0.3) is 0 Å². The quantitative estimate of drug-likeness (QED) is 0.708. The normalized spacial score (nSPS) is 11.5. The fourth-order valence-corrected chi connectivity index (χ4v) is 4.89. The van der Waals surface area contributed by atoms with Crippen LogP contribution >= 0.6 is 0 Å². The van der Waals surface area contributed by atoms with E-state index in [-0.39, 0.29) is 22.1 Å². The number of hydrogen-bond donors (Lipinski definition) is 2. The molecule has 2 rings (SSSR count). The fourth-order valence-electron chi connectivity index (χ4n) is 3.08. The second-order valence-electron chi connectivity index (χ2n) is 6.75. The van der Waals surface area contributed by atoms with Crippen molar-refractivity contribution in [2.75, 3.05) is 10.3 Å². The minimum atomic E-state index is -4.00. The van der Waals surface area contributed by atoms with Gasteiger partial charge >= 0.3 is 6.09 Å². The molecule has 0 radical (unpaired) electrons. The SMILES string of the molecule is CCc1nn(N(C(=O)O)C(C)C)c(CC)c1S(=O)(=O)c1cccc(NC(C)=O)c1. The maximum absolute atomic E-state index is 13.5. The van der Waals surface area contributed by atoms with Gasteiger partial charge in [-0.25, -0.2) is 13.2 Å². The van der Waals surface area contributed by atoms with Crippen LogP contribution in [-0.2, 0) is 27.5 Å². The van der Waals surface area contributed by atoms with Crippen LogP contribution in [0.4, 0.5) is 10.5 Å². The lowest BCUT2D eigenvalue weighted by Crippen LogP contribution is -2.46. The molecule has 0 unspecified atom stereocenters. The largest absolute Gasteiger partial charge is 0.464 e. The van der Waals surface area contributed by atoms with Crippen LogP contribution in [0.3, 0.4) is 0 Å². The van der Waals surface area contributed by atoms with Crippen molar-refractivity contribution in [3.8, 4) is 0 Å². The van der Waals surface area contributed by atoms with E-state index in [4.69, 9.17) is 0 Å². The first-order chi connectivity index (χ1) is 13.5. The van der Waals surface area contributed by atoms with Crippen LogP contribution < -0.4 is 10.3 Å². The Morgan fingerprint density at radius 1 is 1.24 bits per heavy atom. The molecular weight excluding hydrogens is 396 g/mol. The molecule has 0 aliphatic rings. The molecule has 2 amide bonds. The lowest BCUT2D eigenvalue weighted by Gasteiger charge is -2.24. The predicted molar refractivity (Wildman–Crippen MR) is 109 cm³/mol. The summed E-state index contributed by atoms with van der Waals surface area (Å²) < 4.78 is 26.9. The summed E-state index contributed by atoms with van der Waals surface area (Å²) in [5.74, 6) is -0.315. The number of hydrogen-bond acceptors (Lipinski definition) is 5. The van der Waals surface area contributed by atoms with Gasteiger partial charge in [0.1, 0.15) is 4.90 Å². The highest BCUT2D eigenvalue weighted by Gasteiger charge is 2.32. The standard InChI is InChI=1S/C19H26N4O5S/c1-6-16-18(17(7-2)23(21-16)22(12(3)4)19(25)26)29(27,28)15-10-8-9-14(11-15)20-13(5)24/h8-12H,6-7H2,1-5H3,(H,20,24)(H,25,26). The number of nitrogens with zero attached hydrogens (tertiary/aromatic N) is 3. The number of nitrogens with one attached hydrogen (secondary N) is 1. The molecule has 158 valence electrons. The molecule has 2 aromatic rings. The average Bonchev–Trinajstić information content (AvgIpc) is 2.99. The Kier molecular flexibility index (Phi) is 6.68. The number of benzene rings is 1. The van der Waals surface area contributed by atoms with Crippen LogP contribution in [0.5, 0.6) is 0 Å². The Morgan fingerprint density at radius 2 is 1.90 bits per heavy atom. The zero-order valence-electron chi connectivity index (χ0n) is 17.1. The first-order valence-corrected chi connectivity index (χ1v) is 10.8. The molecular formula is C19H26N4O5S. The molecule has 1 aromatic carbocycles. The number of sulfone groups is 1. The summed E-state index contributed by atoms with van der Waals surface area (Å²) in [7, 11) is -4.00. The van der Waals surface area contributed by atoms with Crippen molar-refractivity contribution in [3.05, 3.63) is 35.7 Å². The van der Waals surface area contributed by atoms with E-state index in [0.717, 1.165) is 5.01 Å². The third kappa shape index (κ3) is 4.42. The van der Waals surface area contributed by atoms with Crippen LogP contribution in [0.2, 0.25) is 0 Å². The predicted octanol–water partition coefficient (Wildman–Crippen LogP) is 2.82. The second-order valence-corrected chi connectivity index (χ2v) is 8.64. The Morgan fingerprint density at radius 3 is 2.38 bits per heavy atom. The zero-order chi connectivity index (χ0) is 21.9. The minimum absolute atomic E-state index is 0.000813. The van der Waals surface area contributed by atoms with Crippen LogP contribution in [0.1, 0.15) is 46.0 Å². The number of carbonyl (C=O) groups excluding carboxylic acids is 1. The Labute approximate surface area is 170 Å². The monoisotopic (exact) mass is 422 g/mol. The van der Waals surface area contributed by atoms with Gasteiger partial charge in [0.15, 0.2) is 0 Å². The van der Waals surface area contributed by atoms with Gasteiger partial charge in [-0.1, -0.05) is 19.9 Å². The summed E-state index contributed by atoms with van der Waals surface area (Å²) in [5, 5.41) is 17.5. The van der Waals surface area contributed by atoms with E-state index in [1.54, 1.807) is 33.8 Å². The molecule has 1 aromatic heterocycles. The first-order valence-electron chi connectivity index (χ1n) is 9.30. The van der Waals surface area contributed by atoms with E-state index < -0.39 is 22.0 Å². The summed E-state index contributed by atoms with van der Waals surface area (Å²) >= 11 is 0. The molecule has 2 N–H and O–H groups in total. The molecule has 9 nitrogen and oxygen atoms in total. The highest BCUT2D eigenvalue weighted by atomic mass is 32.2. The number of anilines is 1. The van der Waals surface area contributed by atoms with Crippen LogP contribution in [-0.4, -0.2) is 41.5 Å². The second kappa shape index (κ2) is 8.64. The van der Waals surface area contributed by atoms with E-state index in [2.05, 4.69) is 10.4 Å². The van der Waals surface area contributed by atoms with E-state index in [1.807, 2.05) is 0 Å². The third-order valence-corrected chi connectivity index (χ3v) is 6.16. The van der Waals surface area contributed by atoms with Crippen LogP contribution in [0.15, 0.2) is 34.1 Å². The van der Waals surface area contributed by atoms with Crippen LogP contribution in [0, 0.1) is 0 Å². The molecule has 1 heterocycles. The summed E-state index contributed by atoms with van der Waals surface area (Å²) in [6, 6.07) is 5.51. The molecule has 0 saturated carbocycles. The van der Waals surface area contributed by atoms with E-state index in [0.29, 0.717) is 23.5 Å². The smallest absolute Gasteiger partial charge is 0.428 e. The van der Waals surface area contributed by atoms with Crippen molar-refractivity contribution < 1.29 is 23.1 Å². The van der Waals surface area contributed by atoms with Gasteiger partial charge in [-0.05, 0) is 44.9 Å². The molecule has 10 heteroatoms. The topological polar surface area (TPSA) is 122 Å². The molecule has 0 saturated heterocycles. The van der Waals surface area contributed by atoms with Gasteiger partial charge < -0.3 is 10.4 Å². The van der Waals surface area contributed by atoms with Crippen molar-refractivity contribution in [3.63, 3.8) is 0 Å². The number of carbonyl (C=O) groups is 2. The number of amides is 2. The highest BCUT2D eigenvalue weighted by Crippen LogP contribution is 2.30. The molecule has 0 atom stereocenters. The number of aryl methyl sites for hydroxylation is 1. The summed E-state index contributed by atoms with van der Waals surface area (Å²) in [6.45, 7) is 8.22. The Hall–Kier alpha value is -2.88. The average molecular weight is 423 g/mol. The molecule has 0 fully saturated rings. The Balaban J connectivity index is 2.73. The van der Waals surface area contributed by atoms with Crippen molar-refractivity contribution in [1.82, 2.24) is 9.89 Å². The molecule has 0 bridgehead atoms. The maximum atomic E-state index is 13.5. The first kappa shape index (κ1) is 22.4. The fraction of sp³-hybridized carbons (Fsp3) is 0.421. The summed E-state index contributed by atoms with van der Waals surface area (Å²) in [4.78, 5) is 24.3. The summed E-state index contributed by atoms with van der Waals surface area (Å²) in [5.41, 5.74) is 0.943. The van der Waals surface area contributed by atoms with Gasteiger partial charge in [0.05, 0.1) is 22.3 Å². The van der Waals surface area contributed by atoms with Gasteiger partial charge in [-0.3, -0.25) is 4.79 Å². The van der Waals surface area contributed by atoms with Gasteiger partial charge in [-0.2, -0.15) is 14.9 Å². The molecule has 0 spiro atoms. The zero-order valence-corrected chi connectivity index (χ0v) is 17.9. The highest BCUT2D eigenvalue weighted by molar-refractivity contribution is 7.91. The Bertz CT molecular complexity index is 1030. The third-order valence-electron chi connectivity index (χ3n) is 4.27. The van der Waals surface area contributed by atoms with Gasteiger partial charge in [-0.15, -0.1) is 0 Å².